The van der Waals surface area contributed by atoms with Gasteiger partial charge in [0.2, 0.25) is 0 Å². The first-order valence-electron chi connectivity index (χ1n) is 3.67. The minimum absolute atomic E-state index is 0.0389. The van der Waals surface area contributed by atoms with Crippen molar-refractivity contribution >= 4 is 10.2 Å². The van der Waals surface area contributed by atoms with Crippen LogP contribution in [0.25, 0.3) is 0 Å². The molecule has 0 aromatic carbocycles. The Morgan fingerprint density at radius 2 is 1.83 bits per heavy atom. The molecule has 0 aliphatic carbocycles. The van der Waals surface area contributed by atoms with Crippen LogP contribution < -0.4 is 11.0 Å². The molecule has 0 saturated carbocycles. The second kappa shape index (κ2) is 3.67. The zero-order valence-electron chi connectivity index (χ0n) is 6.64. The van der Waals surface area contributed by atoms with Gasteiger partial charge in [-0.25, -0.2) is 11.0 Å². The van der Waals surface area contributed by atoms with Crippen LogP contribution in [0.15, 0.2) is 0 Å². The second-order valence-corrected chi connectivity index (χ2v) is 4.33. The Morgan fingerprint density at radius 1 is 1.33 bits per heavy atom. The molecule has 1 aliphatic rings. The fourth-order valence-electron chi connectivity index (χ4n) is 1.22. The molecule has 0 atom stereocenters. The molecule has 1 rings (SSSR count). The quantitative estimate of drug-likeness (QED) is 0.526. The molecule has 12 heavy (non-hydrogen) atoms. The van der Waals surface area contributed by atoms with Crippen molar-refractivity contribution in [3.8, 4) is 0 Å². The third-order valence-electron chi connectivity index (χ3n) is 1.95. The highest BCUT2D eigenvalue weighted by atomic mass is 32.2. The molecule has 0 radical (unpaired) electrons. The van der Waals surface area contributed by atoms with Crippen molar-refractivity contribution < 1.29 is 13.3 Å². The molecular formula is C5H13N3O3S. The fraction of sp³-hybridized carbons (Fsp3) is 1.00. The Balaban J connectivity index is 2.47. The number of nitrogens with zero attached hydrogens (tertiary/aromatic N) is 1. The summed E-state index contributed by atoms with van der Waals surface area (Å²) in [5.74, 6) is 4.96. The van der Waals surface area contributed by atoms with Gasteiger partial charge in [-0.3, -0.25) is 0 Å². The normalized spacial score (nSPS) is 22.8. The molecule has 0 spiro atoms. The molecule has 1 aliphatic heterocycles. The van der Waals surface area contributed by atoms with E-state index < -0.39 is 10.2 Å². The number of piperidine rings is 1. The van der Waals surface area contributed by atoms with E-state index in [1.54, 1.807) is 0 Å². The van der Waals surface area contributed by atoms with Crippen LogP contribution in [-0.2, 0) is 15.0 Å². The lowest BCUT2D eigenvalue weighted by Gasteiger charge is -2.28. The molecule has 0 aromatic heterocycles. The Kier molecular flexibility index (Phi) is 3.02. The van der Waals surface area contributed by atoms with Crippen molar-refractivity contribution in [2.24, 2.45) is 11.0 Å². The van der Waals surface area contributed by atoms with Crippen LogP contribution in [0, 0.1) is 0 Å². The van der Waals surface area contributed by atoms with E-state index in [0.717, 1.165) is 0 Å². The van der Waals surface area contributed by atoms with Gasteiger partial charge in [-0.2, -0.15) is 12.7 Å². The van der Waals surface area contributed by atoms with Crippen molar-refractivity contribution in [2.45, 2.75) is 18.9 Å². The summed E-state index contributed by atoms with van der Waals surface area (Å²) in [6.45, 7) is 0.779. The van der Waals surface area contributed by atoms with Crippen LogP contribution in [0.5, 0.6) is 0 Å². The van der Waals surface area contributed by atoms with Gasteiger partial charge in [0.05, 0.1) is 6.10 Å². The van der Waals surface area contributed by atoms with Crippen LogP contribution in [0.2, 0.25) is 0 Å². The maximum absolute atomic E-state index is 10.8. The monoisotopic (exact) mass is 195 g/mol. The minimum Gasteiger partial charge on any atom is -0.301 e. The van der Waals surface area contributed by atoms with Gasteiger partial charge >= 0.3 is 0 Å². The molecule has 7 heteroatoms. The Hall–Kier alpha value is -0.210. The average Bonchev–Trinajstić information content (AvgIpc) is 2.03. The number of rotatable bonds is 2. The van der Waals surface area contributed by atoms with Crippen LogP contribution in [0.3, 0.4) is 0 Å². The zero-order chi connectivity index (χ0) is 9.19. The molecule has 1 fully saturated rings. The van der Waals surface area contributed by atoms with Gasteiger partial charge in [0.15, 0.2) is 0 Å². The zero-order valence-corrected chi connectivity index (χ0v) is 7.46. The van der Waals surface area contributed by atoms with Gasteiger partial charge in [-0.05, 0) is 12.8 Å². The van der Waals surface area contributed by atoms with E-state index in [2.05, 4.69) is 4.84 Å². The first-order valence-corrected chi connectivity index (χ1v) is 5.18. The van der Waals surface area contributed by atoms with E-state index >= 15 is 0 Å². The molecule has 6 nitrogen and oxygen atoms in total. The van der Waals surface area contributed by atoms with Crippen LogP contribution in [0.4, 0.5) is 0 Å². The van der Waals surface area contributed by atoms with Gasteiger partial charge in [0.1, 0.15) is 0 Å². The van der Waals surface area contributed by atoms with Crippen molar-refractivity contribution in [2.75, 3.05) is 13.1 Å². The SMILES string of the molecule is NOC1CCN(S(N)(=O)=O)CC1. The summed E-state index contributed by atoms with van der Waals surface area (Å²) in [6, 6.07) is 0. The van der Waals surface area contributed by atoms with Crippen molar-refractivity contribution in [1.82, 2.24) is 4.31 Å². The molecule has 1 saturated heterocycles. The number of nitrogens with two attached hydrogens (primary N) is 2. The first-order chi connectivity index (χ1) is 5.54. The Labute approximate surface area is 71.6 Å². The van der Waals surface area contributed by atoms with Crippen LogP contribution in [0.1, 0.15) is 12.8 Å². The topological polar surface area (TPSA) is 98.7 Å². The third kappa shape index (κ3) is 2.39. The highest BCUT2D eigenvalue weighted by molar-refractivity contribution is 7.86. The lowest BCUT2D eigenvalue weighted by atomic mass is 10.1. The van der Waals surface area contributed by atoms with Crippen LogP contribution in [-0.4, -0.2) is 31.9 Å². The van der Waals surface area contributed by atoms with E-state index in [1.807, 2.05) is 0 Å². The molecule has 0 unspecified atom stereocenters. The minimum atomic E-state index is -3.52. The van der Waals surface area contributed by atoms with Crippen LogP contribution >= 0.6 is 0 Å². The highest BCUT2D eigenvalue weighted by Gasteiger charge is 2.25. The van der Waals surface area contributed by atoms with Crippen molar-refractivity contribution in [1.29, 1.82) is 0 Å². The van der Waals surface area contributed by atoms with Gasteiger partial charge in [-0.1, -0.05) is 0 Å². The van der Waals surface area contributed by atoms with Gasteiger partial charge in [0, 0.05) is 13.1 Å². The van der Waals surface area contributed by atoms with Gasteiger partial charge < -0.3 is 4.84 Å². The fourth-order valence-corrected chi connectivity index (χ4v) is 1.94. The lowest BCUT2D eigenvalue weighted by molar-refractivity contribution is 0.0205. The summed E-state index contributed by atoms with van der Waals surface area (Å²) in [5.41, 5.74) is 0. The van der Waals surface area contributed by atoms with E-state index in [9.17, 15) is 8.42 Å². The summed E-state index contributed by atoms with van der Waals surface area (Å²) < 4.78 is 22.9. The Bertz CT molecular complexity index is 232. The smallest absolute Gasteiger partial charge is 0.276 e. The molecule has 72 valence electrons. The number of hydrogen-bond acceptors (Lipinski definition) is 4. The third-order valence-corrected chi connectivity index (χ3v) is 3.04. The average molecular weight is 195 g/mol. The maximum atomic E-state index is 10.8. The van der Waals surface area contributed by atoms with Crippen molar-refractivity contribution in [3.63, 3.8) is 0 Å². The second-order valence-electron chi connectivity index (χ2n) is 2.78. The van der Waals surface area contributed by atoms with Gasteiger partial charge in [0.25, 0.3) is 10.2 Å². The van der Waals surface area contributed by atoms with Crippen molar-refractivity contribution in [3.05, 3.63) is 0 Å². The standard InChI is InChI=1S/C5H13N3O3S/c6-11-5-1-3-8(4-2-5)12(7,9)10/h5H,1-4,6H2,(H2,7,9,10). The summed E-state index contributed by atoms with van der Waals surface area (Å²) in [4.78, 5) is 4.59. The number of hydrogen-bond donors (Lipinski definition) is 2. The lowest BCUT2D eigenvalue weighted by Crippen LogP contribution is -2.44. The predicted molar refractivity (Wildman–Crippen MR) is 43.0 cm³/mol. The summed E-state index contributed by atoms with van der Waals surface area (Å²) in [6.07, 6.45) is 1.17. The largest absolute Gasteiger partial charge is 0.301 e. The maximum Gasteiger partial charge on any atom is 0.276 e. The summed E-state index contributed by atoms with van der Waals surface area (Å²) >= 11 is 0. The highest BCUT2D eigenvalue weighted by Crippen LogP contribution is 2.13. The van der Waals surface area contributed by atoms with E-state index in [0.29, 0.717) is 25.9 Å². The van der Waals surface area contributed by atoms with E-state index in [4.69, 9.17) is 11.0 Å². The predicted octanol–water partition coefficient (Wildman–Crippen LogP) is -1.46. The molecule has 0 amide bonds. The van der Waals surface area contributed by atoms with E-state index in [-0.39, 0.29) is 6.10 Å². The summed E-state index contributed by atoms with van der Waals surface area (Å²) in [5, 5.41) is 4.92. The summed E-state index contributed by atoms with van der Waals surface area (Å²) in [7, 11) is -3.52. The molecule has 4 N–H and O–H groups in total. The van der Waals surface area contributed by atoms with Gasteiger partial charge in [-0.15, -0.1) is 0 Å². The molecule has 1 heterocycles. The molecule has 0 aromatic rings. The Morgan fingerprint density at radius 3 is 2.17 bits per heavy atom. The first kappa shape index (κ1) is 9.87. The van der Waals surface area contributed by atoms with E-state index in [1.165, 1.54) is 4.31 Å². The molecular weight excluding hydrogens is 182 g/mol. The molecule has 0 bridgehead atoms.